The second-order valence-electron chi connectivity index (χ2n) is 4.00. The van der Waals surface area contributed by atoms with Gasteiger partial charge in [-0.05, 0) is 31.4 Å². The Morgan fingerprint density at radius 3 is 2.94 bits per heavy atom. The van der Waals surface area contributed by atoms with Gasteiger partial charge in [-0.1, -0.05) is 28.0 Å². The smallest absolute Gasteiger partial charge is 0.219 e. The summed E-state index contributed by atoms with van der Waals surface area (Å²) in [5.41, 5.74) is 0. The molecule has 1 fully saturated rings. The molecule has 2 nitrogen and oxygen atoms in total. The average Bonchev–Trinajstić information content (AvgIpc) is 2.78. The van der Waals surface area contributed by atoms with Crippen LogP contribution in [0.2, 0.25) is 0 Å². The largest absolute Gasteiger partial charge is 0.356 e. The van der Waals surface area contributed by atoms with Crippen LogP contribution in [-0.4, -0.2) is 29.2 Å². The maximum Gasteiger partial charge on any atom is 0.219 e. The summed E-state index contributed by atoms with van der Waals surface area (Å²) < 4.78 is 0. The van der Waals surface area contributed by atoms with Crippen molar-refractivity contribution in [1.82, 2.24) is 5.32 Å². The summed E-state index contributed by atoms with van der Waals surface area (Å²) in [7, 11) is 4.02. The molecule has 94 valence electrons. The molecule has 5 heteroatoms. The zero-order chi connectivity index (χ0) is 11.6. The standard InChI is InChI=1S/C11H21NOS3/c13-11(12-7-3-8-14)5-2-1-4-10-6-9-15-16-10/h10,14H,1-9H2,(H,12,13). The van der Waals surface area contributed by atoms with Gasteiger partial charge in [0.15, 0.2) is 0 Å². The Labute approximate surface area is 112 Å². The lowest BCUT2D eigenvalue weighted by molar-refractivity contribution is -0.121. The van der Waals surface area contributed by atoms with Gasteiger partial charge in [-0.3, -0.25) is 4.79 Å². The quantitative estimate of drug-likeness (QED) is 0.406. The van der Waals surface area contributed by atoms with Gasteiger partial charge in [-0.25, -0.2) is 0 Å². The molecular weight excluding hydrogens is 258 g/mol. The second-order valence-corrected chi connectivity index (χ2v) is 7.24. The van der Waals surface area contributed by atoms with Crippen LogP contribution in [0.1, 0.15) is 38.5 Å². The predicted octanol–water partition coefficient (Wildman–Crippen LogP) is 3.14. The lowest BCUT2D eigenvalue weighted by Crippen LogP contribution is -2.24. The molecule has 0 saturated carbocycles. The van der Waals surface area contributed by atoms with Gasteiger partial charge in [0.2, 0.25) is 5.91 Å². The van der Waals surface area contributed by atoms with E-state index in [2.05, 4.69) is 17.9 Å². The molecule has 1 rings (SSSR count). The molecule has 1 unspecified atom stereocenters. The third-order valence-electron chi connectivity index (χ3n) is 2.56. The lowest BCUT2D eigenvalue weighted by atomic mass is 10.1. The maximum atomic E-state index is 11.4. The van der Waals surface area contributed by atoms with E-state index in [4.69, 9.17) is 0 Å². The molecule has 1 heterocycles. The first-order valence-corrected chi connectivity index (χ1v) is 9.00. The molecule has 1 aliphatic heterocycles. The van der Waals surface area contributed by atoms with E-state index in [0.29, 0.717) is 6.42 Å². The monoisotopic (exact) mass is 279 g/mol. The van der Waals surface area contributed by atoms with Gasteiger partial charge in [-0.2, -0.15) is 12.6 Å². The molecule has 1 atom stereocenters. The van der Waals surface area contributed by atoms with Crippen molar-refractivity contribution in [2.45, 2.75) is 43.8 Å². The summed E-state index contributed by atoms with van der Waals surface area (Å²) in [5, 5.41) is 3.76. The van der Waals surface area contributed by atoms with Crippen LogP contribution in [-0.2, 0) is 4.79 Å². The van der Waals surface area contributed by atoms with Gasteiger partial charge in [0.05, 0.1) is 0 Å². The Kier molecular flexibility index (Phi) is 8.69. The van der Waals surface area contributed by atoms with Crippen LogP contribution in [0, 0.1) is 0 Å². The number of nitrogens with one attached hydrogen (secondary N) is 1. The van der Waals surface area contributed by atoms with Gasteiger partial charge in [0.25, 0.3) is 0 Å². The van der Waals surface area contributed by atoms with Gasteiger partial charge in [-0.15, -0.1) is 0 Å². The average molecular weight is 279 g/mol. The van der Waals surface area contributed by atoms with Crippen LogP contribution < -0.4 is 5.32 Å². The molecule has 1 amide bonds. The van der Waals surface area contributed by atoms with Crippen molar-refractivity contribution in [3.63, 3.8) is 0 Å². The summed E-state index contributed by atoms with van der Waals surface area (Å²) in [4.78, 5) is 11.4. The fourth-order valence-corrected chi connectivity index (χ4v) is 4.80. The van der Waals surface area contributed by atoms with Crippen LogP contribution in [0.5, 0.6) is 0 Å². The molecule has 0 radical (unpaired) electrons. The normalized spacial score (nSPS) is 19.9. The molecule has 0 spiro atoms. The third kappa shape index (κ3) is 6.97. The number of rotatable bonds is 8. The van der Waals surface area contributed by atoms with Gasteiger partial charge < -0.3 is 5.32 Å². The van der Waals surface area contributed by atoms with Crippen molar-refractivity contribution in [2.75, 3.05) is 18.1 Å². The van der Waals surface area contributed by atoms with Crippen molar-refractivity contribution in [2.24, 2.45) is 0 Å². The van der Waals surface area contributed by atoms with Crippen molar-refractivity contribution in [1.29, 1.82) is 0 Å². The van der Waals surface area contributed by atoms with Crippen LogP contribution in [0.3, 0.4) is 0 Å². The number of carbonyl (C=O) groups is 1. The van der Waals surface area contributed by atoms with Crippen molar-refractivity contribution < 1.29 is 4.79 Å². The van der Waals surface area contributed by atoms with Crippen molar-refractivity contribution in [3.05, 3.63) is 0 Å². The van der Waals surface area contributed by atoms with Gasteiger partial charge >= 0.3 is 0 Å². The van der Waals surface area contributed by atoms with Crippen LogP contribution >= 0.6 is 34.2 Å². The van der Waals surface area contributed by atoms with E-state index >= 15 is 0 Å². The summed E-state index contributed by atoms with van der Waals surface area (Å²) >= 11 is 4.10. The van der Waals surface area contributed by atoms with Gasteiger partial charge in [0, 0.05) is 24.0 Å². The number of thiol groups is 1. The van der Waals surface area contributed by atoms with E-state index in [-0.39, 0.29) is 5.91 Å². The minimum absolute atomic E-state index is 0.204. The van der Waals surface area contributed by atoms with Crippen molar-refractivity contribution >= 4 is 40.1 Å². The first-order chi connectivity index (χ1) is 7.83. The van der Waals surface area contributed by atoms with E-state index in [9.17, 15) is 4.79 Å². The second kappa shape index (κ2) is 9.54. The number of hydrogen-bond acceptors (Lipinski definition) is 4. The first-order valence-electron chi connectivity index (χ1n) is 5.98. The first kappa shape index (κ1) is 14.6. The van der Waals surface area contributed by atoms with E-state index in [1.165, 1.54) is 25.0 Å². The number of carbonyl (C=O) groups excluding carboxylic acids is 1. The Balaban J connectivity index is 1.87. The minimum Gasteiger partial charge on any atom is -0.356 e. The third-order valence-corrected chi connectivity index (χ3v) is 5.89. The molecule has 0 bridgehead atoms. The molecule has 0 aromatic rings. The Bertz CT molecular complexity index is 196. The van der Waals surface area contributed by atoms with E-state index < -0.39 is 0 Å². The SMILES string of the molecule is O=C(CCCCC1CCSS1)NCCCS. The summed E-state index contributed by atoms with van der Waals surface area (Å²) in [5.74, 6) is 2.35. The van der Waals surface area contributed by atoms with Crippen LogP contribution in [0.15, 0.2) is 0 Å². The van der Waals surface area contributed by atoms with E-state index in [1.54, 1.807) is 0 Å². The minimum atomic E-state index is 0.204. The maximum absolute atomic E-state index is 11.4. The highest BCUT2D eigenvalue weighted by atomic mass is 33.1. The van der Waals surface area contributed by atoms with Crippen LogP contribution in [0.4, 0.5) is 0 Å². The highest BCUT2D eigenvalue weighted by molar-refractivity contribution is 8.77. The van der Waals surface area contributed by atoms with E-state index in [0.717, 1.165) is 30.4 Å². The molecule has 16 heavy (non-hydrogen) atoms. The number of unbranched alkanes of at least 4 members (excludes halogenated alkanes) is 1. The topological polar surface area (TPSA) is 29.1 Å². The molecule has 1 aliphatic rings. The van der Waals surface area contributed by atoms with Gasteiger partial charge in [0.1, 0.15) is 0 Å². The molecule has 1 N–H and O–H groups in total. The summed E-state index contributed by atoms with van der Waals surface area (Å²) in [6.45, 7) is 0.775. The fourth-order valence-electron chi connectivity index (χ4n) is 1.62. The molecule has 0 aromatic heterocycles. The Morgan fingerprint density at radius 1 is 1.38 bits per heavy atom. The Morgan fingerprint density at radius 2 is 2.25 bits per heavy atom. The predicted molar refractivity (Wildman–Crippen MR) is 78.4 cm³/mol. The fraction of sp³-hybridized carbons (Fsp3) is 0.909. The zero-order valence-electron chi connectivity index (χ0n) is 9.61. The molecule has 0 aliphatic carbocycles. The lowest BCUT2D eigenvalue weighted by Gasteiger charge is -2.07. The van der Waals surface area contributed by atoms with Crippen molar-refractivity contribution in [3.8, 4) is 0 Å². The molecule has 1 saturated heterocycles. The zero-order valence-corrected chi connectivity index (χ0v) is 12.1. The van der Waals surface area contributed by atoms with Crippen LogP contribution in [0.25, 0.3) is 0 Å². The number of hydrogen-bond donors (Lipinski definition) is 2. The highest BCUT2D eigenvalue weighted by Crippen LogP contribution is 2.39. The summed E-state index contributed by atoms with van der Waals surface area (Å²) in [6.07, 6.45) is 6.51. The molecule has 0 aromatic carbocycles. The van der Waals surface area contributed by atoms with E-state index in [1.807, 2.05) is 21.6 Å². The summed E-state index contributed by atoms with van der Waals surface area (Å²) in [6, 6.07) is 0. The highest BCUT2D eigenvalue weighted by Gasteiger charge is 2.15. The number of amides is 1. The Hall–Kier alpha value is 0.520. The molecular formula is C11H21NOS3.